The number of nitrogens with two attached hydrogens (primary N) is 1. The summed E-state index contributed by atoms with van der Waals surface area (Å²) in [6.07, 6.45) is 3.39. The van der Waals surface area contributed by atoms with Crippen LogP contribution in [0.25, 0.3) is 11.4 Å². The Bertz CT molecular complexity index is 1030. The molecule has 3 aromatic rings. The van der Waals surface area contributed by atoms with Gasteiger partial charge in [-0.05, 0) is 43.3 Å². The van der Waals surface area contributed by atoms with Crippen LogP contribution in [-0.4, -0.2) is 37.3 Å². The standard InChI is InChI=1S/C20H20N6O2S/c1-13(2)11-26-19(15-7-9-22-10-8-15)24-25-20(26)29-12-17(27)23-16-5-3-14(4-6-16)18(21)28/h3-10H,1,11-12H2,2H3,(H2,21,28)(H,23,27). The van der Waals surface area contributed by atoms with Gasteiger partial charge in [-0.15, -0.1) is 10.2 Å². The lowest BCUT2D eigenvalue weighted by molar-refractivity contribution is -0.113. The molecule has 0 fully saturated rings. The normalized spacial score (nSPS) is 10.5. The summed E-state index contributed by atoms with van der Waals surface area (Å²) in [5.41, 5.74) is 8.02. The lowest BCUT2D eigenvalue weighted by Crippen LogP contribution is -2.15. The molecule has 2 heterocycles. The van der Waals surface area contributed by atoms with Gasteiger partial charge in [0.1, 0.15) is 0 Å². The number of thioether (sulfide) groups is 1. The molecule has 29 heavy (non-hydrogen) atoms. The molecule has 2 aromatic heterocycles. The molecule has 3 N–H and O–H groups in total. The van der Waals surface area contributed by atoms with Crippen LogP contribution in [0.15, 0.2) is 66.1 Å². The third kappa shape index (κ3) is 5.29. The highest BCUT2D eigenvalue weighted by Gasteiger charge is 2.16. The maximum Gasteiger partial charge on any atom is 0.248 e. The minimum absolute atomic E-state index is 0.155. The zero-order valence-electron chi connectivity index (χ0n) is 15.8. The van der Waals surface area contributed by atoms with E-state index in [2.05, 4.69) is 27.1 Å². The van der Waals surface area contributed by atoms with Crippen molar-refractivity contribution in [2.75, 3.05) is 11.1 Å². The Kier molecular flexibility index (Phi) is 6.40. The number of nitrogens with zero attached hydrogens (tertiary/aromatic N) is 4. The summed E-state index contributed by atoms with van der Waals surface area (Å²) in [5, 5.41) is 11.9. The molecule has 0 aliphatic rings. The zero-order valence-corrected chi connectivity index (χ0v) is 16.6. The van der Waals surface area contributed by atoms with E-state index in [0.717, 1.165) is 11.1 Å². The van der Waals surface area contributed by atoms with Crippen molar-refractivity contribution in [3.8, 4) is 11.4 Å². The Hall–Kier alpha value is -3.46. The number of carbonyl (C=O) groups is 2. The van der Waals surface area contributed by atoms with Gasteiger partial charge in [0.2, 0.25) is 11.8 Å². The van der Waals surface area contributed by atoms with E-state index in [1.807, 2.05) is 23.6 Å². The van der Waals surface area contributed by atoms with Gasteiger partial charge in [0.25, 0.3) is 0 Å². The maximum atomic E-state index is 12.3. The van der Waals surface area contributed by atoms with Crippen molar-refractivity contribution in [2.24, 2.45) is 5.73 Å². The number of hydrogen-bond acceptors (Lipinski definition) is 6. The van der Waals surface area contributed by atoms with Crippen molar-refractivity contribution < 1.29 is 9.59 Å². The third-order valence-electron chi connectivity index (χ3n) is 3.87. The van der Waals surface area contributed by atoms with Gasteiger partial charge in [-0.25, -0.2) is 0 Å². The number of rotatable bonds is 8. The number of nitrogens with one attached hydrogen (secondary N) is 1. The van der Waals surface area contributed by atoms with Crippen molar-refractivity contribution in [1.82, 2.24) is 19.7 Å². The number of pyridine rings is 1. The average Bonchev–Trinajstić information content (AvgIpc) is 3.09. The topological polar surface area (TPSA) is 116 Å². The molecule has 0 saturated heterocycles. The molecule has 0 aliphatic heterocycles. The minimum atomic E-state index is -0.514. The minimum Gasteiger partial charge on any atom is -0.366 e. The van der Waals surface area contributed by atoms with Crippen molar-refractivity contribution in [1.29, 1.82) is 0 Å². The Balaban J connectivity index is 1.69. The predicted octanol–water partition coefficient (Wildman–Crippen LogP) is 2.75. The van der Waals surface area contributed by atoms with E-state index < -0.39 is 5.91 Å². The van der Waals surface area contributed by atoms with Gasteiger partial charge in [-0.3, -0.25) is 19.1 Å². The highest BCUT2D eigenvalue weighted by atomic mass is 32.2. The van der Waals surface area contributed by atoms with Crippen LogP contribution in [0.3, 0.4) is 0 Å². The number of carbonyl (C=O) groups excluding carboxylic acids is 2. The van der Waals surface area contributed by atoms with Crippen molar-refractivity contribution in [3.63, 3.8) is 0 Å². The molecule has 8 nitrogen and oxygen atoms in total. The highest BCUT2D eigenvalue weighted by molar-refractivity contribution is 7.99. The summed E-state index contributed by atoms with van der Waals surface area (Å²) >= 11 is 1.29. The number of hydrogen-bond donors (Lipinski definition) is 2. The first-order chi connectivity index (χ1) is 13.9. The van der Waals surface area contributed by atoms with Crippen LogP contribution in [0.5, 0.6) is 0 Å². The van der Waals surface area contributed by atoms with Crippen LogP contribution >= 0.6 is 11.8 Å². The van der Waals surface area contributed by atoms with Crippen LogP contribution in [0.4, 0.5) is 5.69 Å². The van der Waals surface area contributed by atoms with Crippen LogP contribution in [0.1, 0.15) is 17.3 Å². The van der Waals surface area contributed by atoms with Gasteiger partial charge < -0.3 is 11.1 Å². The zero-order chi connectivity index (χ0) is 20.8. The second-order valence-electron chi connectivity index (χ2n) is 6.36. The first-order valence-electron chi connectivity index (χ1n) is 8.74. The summed E-state index contributed by atoms with van der Waals surface area (Å²) < 4.78 is 1.93. The molecule has 9 heteroatoms. The van der Waals surface area contributed by atoms with Gasteiger partial charge in [0, 0.05) is 35.8 Å². The summed E-state index contributed by atoms with van der Waals surface area (Å²) in [5.74, 6) is 0.139. The molecule has 0 unspecified atom stereocenters. The smallest absolute Gasteiger partial charge is 0.248 e. The van der Waals surface area contributed by atoms with E-state index >= 15 is 0 Å². The van der Waals surface area contributed by atoms with E-state index in [1.54, 1.807) is 36.7 Å². The number of allylic oxidation sites excluding steroid dienone is 1. The second kappa shape index (κ2) is 9.16. The van der Waals surface area contributed by atoms with Crippen molar-refractivity contribution >= 4 is 29.3 Å². The molecule has 0 atom stereocenters. The Morgan fingerprint density at radius 3 is 2.45 bits per heavy atom. The molecule has 148 valence electrons. The summed E-state index contributed by atoms with van der Waals surface area (Å²) in [6, 6.07) is 10.1. The maximum absolute atomic E-state index is 12.3. The van der Waals surface area contributed by atoms with Crippen LogP contribution in [-0.2, 0) is 11.3 Å². The first-order valence-corrected chi connectivity index (χ1v) is 9.73. The summed E-state index contributed by atoms with van der Waals surface area (Å²) in [6.45, 7) is 6.43. The van der Waals surface area contributed by atoms with Gasteiger partial charge in [-0.2, -0.15) is 0 Å². The number of amides is 2. The monoisotopic (exact) mass is 408 g/mol. The molecular formula is C20H20N6O2S. The first kappa shape index (κ1) is 20.3. The highest BCUT2D eigenvalue weighted by Crippen LogP contribution is 2.24. The van der Waals surface area contributed by atoms with Gasteiger partial charge >= 0.3 is 0 Å². The fraction of sp³-hybridized carbons (Fsp3) is 0.150. The fourth-order valence-electron chi connectivity index (χ4n) is 2.57. The molecule has 2 amide bonds. The van der Waals surface area contributed by atoms with E-state index in [9.17, 15) is 9.59 Å². The van der Waals surface area contributed by atoms with Crippen LogP contribution in [0.2, 0.25) is 0 Å². The predicted molar refractivity (Wildman–Crippen MR) is 112 cm³/mol. The van der Waals surface area contributed by atoms with Crippen molar-refractivity contribution in [3.05, 3.63) is 66.5 Å². The molecule has 3 rings (SSSR count). The molecule has 0 radical (unpaired) electrons. The molecular weight excluding hydrogens is 388 g/mol. The Morgan fingerprint density at radius 2 is 1.83 bits per heavy atom. The fourth-order valence-corrected chi connectivity index (χ4v) is 3.31. The van der Waals surface area contributed by atoms with Crippen LogP contribution < -0.4 is 11.1 Å². The van der Waals surface area contributed by atoms with Crippen molar-refractivity contribution in [2.45, 2.75) is 18.6 Å². The van der Waals surface area contributed by atoms with E-state index in [0.29, 0.717) is 28.8 Å². The SMILES string of the molecule is C=C(C)Cn1c(SCC(=O)Nc2ccc(C(N)=O)cc2)nnc1-c1ccncc1. The third-order valence-corrected chi connectivity index (χ3v) is 4.84. The molecule has 1 aromatic carbocycles. The Morgan fingerprint density at radius 1 is 1.14 bits per heavy atom. The number of primary amides is 1. The second-order valence-corrected chi connectivity index (χ2v) is 7.31. The van der Waals surface area contributed by atoms with E-state index in [-0.39, 0.29) is 11.7 Å². The molecule has 0 aliphatic carbocycles. The number of anilines is 1. The average molecular weight is 408 g/mol. The molecule has 0 spiro atoms. The quantitative estimate of drug-likeness (QED) is 0.437. The molecule has 0 bridgehead atoms. The Labute approximate surface area is 172 Å². The van der Waals surface area contributed by atoms with Gasteiger partial charge in [0.15, 0.2) is 11.0 Å². The van der Waals surface area contributed by atoms with Crippen LogP contribution in [0, 0.1) is 0 Å². The van der Waals surface area contributed by atoms with E-state index in [4.69, 9.17) is 5.73 Å². The summed E-state index contributed by atoms with van der Waals surface area (Å²) in [7, 11) is 0. The lowest BCUT2D eigenvalue weighted by atomic mass is 10.2. The van der Waals surface area contributed by atoms with Gasteiger partial charge in [-0.1, -0.05) is 23.9 Å². The number of aromatic nitrogens is 4. The summed E-state index contributed by atoms with van der Waals surface area (Å²) in [4.78, 5) is 27.4. The largest absolute Gasteiger partial charge is 0.366 e. The number of benzene rings is 1. The van der Waals surface area contributed by atoms with Gasteiger partial charge in [0.05, 0.1) is 5.75 Å². The molecule has 0 saturated carbocycles. The lowest BCUT2D eigenvalue weighted by Gasteiger charge is -2.10. The van der Waals surface area contributed by atoms with E-state index in [1.165, 1.54) is 11.8 Å².